The molecule has 0 spiro atoms. The predicted molar refractivity (Wildman–Crippen MR) is 73.2 cm³/mol. The molecule has 0 amide bonds. The number of nitrogens with one attached hydrogen (secondary N) is 1. The molecule has 104 valence electrons. The molecule has 0 saturated carbocycles. The van der Waals surface area contributed by atoms with E-state index >= 15 is 0 Å². The number of hydrogen-bond donors (Lipinski definition) is 1. The standard InChI is InChI=1S/C12H23N3O2S/c1-5-13-11(4)12-8-14-15(9-12)6-7-18(16,17)10(2)3/h8-11,13H,5-7H2,1-4H3. The molecule has 0 radical (unpaired) electrons. The Balaban J connectivity index is 2.60. The Kier molecular flexibility index (Phi) is 5.34. The smallest absolute Gasteiger partial charge is 0.154 e. The van der Waals surface area contributed by atoms with Crippen LogP contribution in [0.3, 0.4) is 0 Å². The van der Waals surface area contributed by atoms with E-state index in [1.165, 1.54) is 0 Å². The van der Waals surface area contributed by atoms with E-state index in [2.05, 4.69) is 24.3 Å². The van der Waals surface area contributed by atoms with Crippen molar-refractivity contribution in [3.63, 3.8) is 0 Å². The van der Waals surface area contributed by atoms with Crippen molar-refractivity contribution in [2.75, 3.05) is 12.3 Å². The third-order valence-corrected chi connectivity index (χ3v) is 5.17. The molecule has 0 aliphatic rings. The van der Waals surface area contributed by atoms with Crippen LogP contribution < -0.4 is 5.32 Å². The highest BCUT2D eigenvalue weighted by molar-refractivity contribution is 7.91. The van der Waals surface area contributed by atoms with E-state index in [9.17, 15) is 8.42 Å². The second kappa shape index (κ2) is 6.33. The van der Waals surface area contributed by atoms with Gasteiger partial charge in [0, 0.05) is 17.8 Å². The fourth-order valence-corrected chi connectivity index (χ4v) is 2.52. The second-order valence-corrected chi connectivity index (χ2v) is 7.41. The molecule has 1 aromatic heterocycles. The minimum atomic E-state index is -2.99. The summed E-state index contributed by atoms with van der Waals surface area (Å²) < 4.78 is 25.1. The molecule has 1 rings (SSSR count). The number of hydrogen-bond acceptors (Lipinski definition) is 4. The molecule has 6 heteroatoms. The Morgan fingerprint density at radius 1 is 1.39 bits per heavy atom. The van der Waals surface area contributed by atoms with Crippen LogP contribution in [0, 0.1) is 0 Å². The molecule has 1 atom stereocenters. The summed E-state index contributed by atoms with van der Waals surface area (Å²) in [5.41, 5.74) is 1.08. The summed E-state index contributed by atoms with van der Waals surface area (Å²) in [5, 5.41) is 7.16. The maximum atomic E-state index is 11.7. The molecule has 0 fully saturated rings. The molecule has 1 heterocycles. The van der Waals surface area contributed by atoms with Gasteiger partial charge in [0.2, 0.25) is 0 Å². The second-order valence-electron chi connectivity index (χ2n) is 4.73. The summed E-state index contributed by atoms with van der Waals surface area (Å²) >= 11 is 0. The van der Waals surface area contributed by atoms with Crippen LogP contribution >= 0.6 is 0 Å². The number of aryl methyl sites for hydroxylation is 1. The zero-order valence-corrected chi connectivity index (χ0v) is 12.4. The van der Waals surface area contributed by atoms with E-state index in [0.29, 0.717) is 6.54 Å². The Morgan fingerprint density at radius 2 is 2.06 bits per heavy atom. The fraction of sp³-hybridized carbons (Fsp3) is 0.750. The summed E-state index contributed by atoms with van der Waals surface area (Å²) in [4.78, 5) is 0. The van der Waals surface area contributed by atoms with E-state index in [0.717, 1.165) is 12.1 Å². The van der Waals surface area contributed by atoms with Gasteiger partial charge < -0.3 is 5.32 Å². The monoisotopic (exact) mass is 273 g/mol. The molecular formula is C12H23N3O2S. The highest BCUT2D eigenvalue weighted by Gasteiger charge is 2.16. The summed E-state index contributed by atoms with van der Waals surface area (Å²) in [5.74, 6) is 0.140. The van der Waals surface area contributed by atoms with E-state index < -0.39 is 9.84 Å². The first-order chi connectivity index (χ1) is 8.36. The first kappa shape index (κ1) is 15.2. The minimum Gasteiger partial charge on any atom is -0.310 e. The molecule has 0 aliphatic carbocycles. The molecule has 0 saturated heterocycles. The van der Waals surface area contributed by atoms with Crippen LogP contribution in [0.4, 0.5) is 0 Å². The first-order valence-corrected chi connectivity index (χ1v) is 8.05. The van der Waals surface area contributed by atoms with E-state index in [1.807, 2.05) is 6.20 Å². The SMILES string of the molecule is CCNC(C)c1cnn(CCS(=O)(=O)C(C)C)c1. The van der Waals surface area contributed by atoms with Crippen molar-refractivity contribution >= 4 is 9.84 Å². The zero-order valence-electron chi connectivity index (χ0n) is 11.5. The molecule has 1 unspecified atom stereocenters. The lowest BCUT2D eigenvalue weighted by Crippen LogP contribution is -2.21. The summed E-state index contributed by atoms with van der Waals surface area (Å²) in [6, 6.07) is 0.241. The topological polar surface area (TPSA) is 64.0 Å². The van der Waals surface area contributed by atoms with E-state index in [-0.39, 0.29) is 17.0 Å². The van der Waals surface area contributed by atoms with Crippen molar-refractivity contribution in [2.45, 2.75) is 45.5 Å². The van der Waals surface area contributed by atoms with Crippen molar-refractivity contribution in [2.24, 2.45) is 0 Å². The van der Waals surface area contributed by atoms with Crippen LogP contribution in [0.25, 0.3) is 0 Å². The molecular weight excluding hydrogens is 250 g/mol. The number of rotatable bonds is 7. The third-order valence-electron chi connectivity index (χ3n) is 2.99. The van der Waals surface area contributed by atoms with Crippen LogP contribution in [0.1, 0.15) is 39.3 Å². The minimum absolute atomic E-state index is 0.140. The van der Waals surface area contributed by atoms with Crippen molar-refractivity contribution in [1.29, 1.82) is 0 Å². The quantitative estimate of drug-likeness (QED) is 0.815. The number of aromatic nitrogens is 2. The van der Waals surface area contributed by atoms with Crippen LogP contribution in [0.2, 0.25) is 0 Å². The van der Waals surface area contributed by atoms with Gasteiger partial charge in [-0.1, -0.05) is 6.92 Å². The van der Waals surface area contributed by atoms with Crippen LogP contribution in [0.15, 0.2) is 12.4 Å². The normalized spacial score (nSPS) is 14.1. The summed E-state index contributed by atoms with van der Waals surface area (Å²) in [6.07, 6.45) is 3.69. The van der Waals surface area contributed by atoms with Crippen molar-refractivity contribution in [3.8, 4) is 0 Å². The molecule has 18 heavy (non-hydrogen) atoms. The molecule has 0 bridgehead atoms. The van der Waals surface area contributed by atoms with Gasteiger partial charge in [-0.3, -0.25) is 4.68 Å². The molecule has 1 N–H and O–H groups in total. The lowest BCUT2D eigenvalue weighted by atomic mass is 10.2. The van der Waals surface area contributed by atoms with Crippen molar-refractivity contribution in [3.05, 3.63) is 18.0 Å². The van der Waals surface area contributed by atoms with Crippen molar-refractivity contribution in [1.82, 2.24) is 15.1 Å². The number of nitrogens with zero attached hydrogens (tertiary/aromatic N) is 2. The maximum Gasteiger partial charge on any atom is 0.154 e. The largest absolute Gasteiger partial charge is 0.310 e. The van der Waals surface area contributed by atoms with Gasteiger partial charge in [-0.15, -0.1) is 0 Å². The molecule has 1 aromatic rings. The van der Waals surface area contributed by atoms with Crippen LogP contribution in [0.5, 0.6) is 0 Å². The molecule has 0 aromatic carbocycles. The van der Waals surface area contributed by atoms with Gasteiger partial charge in [-0.25, -0.2) is 8.42 Å². The molecule has 5 nitrogen and oxygen atoms in total. The van der Waals surface area contributed by atoms with Crippen LogP contribution in [-0.2, 0) is 16.4 Å². The van der Waals surface area contributed by atoms with Gasteiger partial charge in [0.25, 0.3) is 0 Å². The van der Waals surface area contributed by atoms with Gasteiger partial charge in [0.15, 0.2) is 9.84 Å². The fourth-order valence-electron chi connectivity index (χ4n) is 1.61. The van der Waals surface area contributed by atoms with Gasteiger partial charge in [-0.2, -0.15) is 5.10 Å². The van der Waals surface area contributed by atoms with E-state index in [4.69, 9.17) is 0 Å². The highest BCUT2D eigenvalue weighted by atomic mass is 32.2. The highest BCUT2D eigenvalue weighted by Crippen LogP contribution is 2.11. The Labute approximate surface area is 109 Å². The Hall–Kier alpha value is -0.880. The zero-order chi connectivity index (χ0) is 13.8. The Bertz CT molecular complexity index is 465. The van der Waals surface area contributed by atoms with Crippen LogP contribution in [-0.4, -0.2) is 35.7 Å². The van der Waals surface area contributed by atoms with Gasteiger partial charge in [0.05, 0.1) is 23.7 Å². The number of sulfone groups is 1. The lowest BCUT2D eigenvalue weighted by molar-refractivity contribution is 0.571. The third kappa shape index (κ3) is 4.10. The predicted octanol–water partition coefficient (Wildman–Crippen LogP) is 1.38. The van der Waals surface area contributed by atoms with Crippen molar-refractivity contribution < 1.29 is 8.42 Å². The summed E-state index contributed by atoms with van der Waals surface area (Å²) in [7, 11) is -2.99. The maximum absolute atomic E-state index is 11.7. The van der Waals surface area contributed by atoms with Gasteiger partial charge >= 0.3 is 0 Å². The summed E-state index contributed by atoms with van der Waals surface area (Å²) in [6.45, 7) is 8.84. The average Bonchev–Trinajstić information content (AvgIpc) is 2.75. The Morgan fingerprint density at radius 3 is 2.61 bits per heavy atom. The first-order valence-electron chi connectivity index (χ1n) is 6.34. The lowest BCUT2D eigenvalue weighted by Gasteiger charge is -2.09. The average molecular weight is 273 g/mol. The van der Waals surface area contributed by atoms with Gasteiger partial charge in [-0.05, 0) is 27.3 Å². The molecule has 0 aliphatic heterocycles. The van der Waals surface area contributed by atoms with E-state index in [1.54, 1.807) is 24.7 Å². The van der Waals surface area contributed by atoms with Gasteiger partial charge in [0.1, 0.15) is 0 Å².